The number of anilines is 2. The molecule has 0 saturated heterocycles. The Kier molecular flexibility index (Phi) is 7.19. The highest BCUT2D eigenvalue weighted by molar-refractivity contribution is 5.92. The van der Waals surface area contributed by atoms with Crippen LogP contribution < -0.4 is 20.1 Å². The van der Waals surface area contributed by atoms with Gasteiger partial charge in [0.1, 0.15) is 0 Å². The van der Waals surface area contributed by atoms with E-state index >= 15 is 0 Å². The molecule has 0 aromatic heterocycles. The molecule has 1 amide bonds. The fraction of sp³-hybridized carbons (Fsp3) is 0.269. The molecule has 0 saturated carbocycles. The molecule has 3 rings (SSSR count). The lowest BCUT2D eigenvalue weighted by Gasteiger charge is -2.14. The van der Waals surface area contributed by atoms with Gasteiger partial charge < -0.3 is 20.1 Å². The zero-order valence-corrected chi connectivity index (χ0v) is 18.8. The van der Waals surface area contributed by atoms with E-state index in [9.17, 15) is 4.79 Å². The van der Waals surface area contributed by atoms with E-state index in [1.54, 1.807) is 7.11 Å². The first kappa shape index (κ1) is 22.2. The van der Waals surface area contributed by atoms with Crippen LogP contribution in [0.1, 0.15) is 27.8 Å². The summed E-state index contributed by atoms with van der Waals surface area (Å²) in [4.78, 5) is 12.3. The zero-order valence-electron chi connectivity index (χ0n) is 18.8. The number of hydrogen-bond donors (Lipinski definition) is 2. The minimum atomic E-state index is -0.212. The lowest BCUT2D eigenvalue weighted by atomic mass is 10.1. The highest BCUT2D eigenvalue weighted by atomic mass is 16.5. The summed E-state index contributed by atoms with van der Waals surface area (Å²) in [7, 11) is 1.60. The summed E-state index contributed by atoms with van der Waals surface area (Å²) in [5.74, 6) is 0.920. The second kappa shape index (κ2) is 10.0. The minimum absolute atomic E-state index is 0.0933. The second-order valence-corrected chi connectivity index (χ2v) is 7.72. The van der Waals surface area contributed by atoms with Gasteiger partial charge >= 0.3 is 0 Å². The monoisotopic (exact) mass is 418 g/mol. The lowest BCUT2D eigenvalue weighted by molar-refractivity contribution is -0.118. The normalized spacial score (nSPS) is 10.5. The van der Waals surface area contributed by atoms with Gasteiger partial charge in [-0.2, -0.15) is 0 Å². The molecule has 0 aliphatic heterocycles. The SMILES string of the molecule is COc1cc(CNc2ccc(C)c(C)c2)ccc1OCC(=O)Nc1cccc(C)c1C. The predicted octanol–water partition coefficient (Wildman–Crippen LogP) is 5.56. The van der Waals surface area contributed by atoms with Crippen LogP contribution in [0.5, 0.6) is 11.5 Å². The largest absolute Gasteiger partial charge is 0.493 e. The van der Waals surface area contributed by atoms with Gasteiger partial charge in [-0.15, -0.1) is 0 Å². The number of hydrogen-bond acceptors (Lipinski definition) is 4. The van der Waals surface area contributed by atoms with E-state index in [1.807, 2.05) is 50.2 Å². The van der Waals surface area contributed by atoms with Crippen LogP contribution in [-0.4, -0.2) is 19.6 Å². The fourth-order valence-electron chi connectivity index (χ4n) is 3.21. The minimum Gasteiger partial charge on any atom is -0.493 e. The van der Waals surface area contributed by atoms with Crippen molar-refractivity contribution >= 4 is 17.3 Å². The highest BCUT2D eigenvalue weighted by Gasteiger charge is 2.11. The molecule has 5 nitrogen and oxygen atoms in total. The third-order valence-electron chi connectivity index (χ3n) is 5.47. The van der Waals surface area contributed by atoms with Crippen molar-refractivity contribution in [3.05, 3.63) is 82.4 Å². The van der Waals surface area contributed by atoms with Crippen LogP contribution in [0.15, 0.2) is 54.6 Å². The molecule has 0 fully saturated rings. The first-order valence-electron chi connectivity index (χ1n) is 10.3. The van der Waals surface area contributed by atoms with E-state index in [0.29, 0.717) is 18.0 Å². The summed E-state index contributed by atoms with van der Waals surface area (Å²) in [5, 5.41) is 6.33. The molecule has 31 heavy (non-hydrogen) atoms. The van der Waals surface area contributed by atoms with Crippen LogP contribution in [0.25, 0.3) is 0 Å². The van der Waals surface area contributed by atoms with E-state index in [0.717, 1.165) is 28.1 Å². The van der Waals surface area contributed by atoms with Gasteiger partial charge in [-0.1, -0.05) is 24.3 Å². The number of carbonyl (C=O) groups excluding carboxylic acids is 1. The van der Waals surface area contributed by atoms with Crippen LogP contribution >= 0.6 is 0 Å². The fourth-order valence-corrected chi connectivity index (χ4v) is 3.21. The van der Waals surface area contributed by atoms with Crippen molar-refractivity contribution in [1.82, 2.24) is 0 Å². The number of rotatable bonds is 8. The molecule has 3 aromatic rings. The molecule has 0 bridgehead atoms. The Morgan fingerprint density at radius 3 is 2.42 bits per heavy atom. The lowest BCUT2D eigenvalue weighted by Crippen LogP contribution is -2.21. The third-order valence-corrected chi connectivity index (χ3v) is 5.47. The predicted molar refractivity (Wildman–Crippen MR) is 126 cm³/mol. The number of methoxy groups -OCH3 is 1. The average Bonchev–Trinajstić information content (AvgIpc) is 2.76. The number of benzene rings is 3. The van der Waals surface area contributed by atoms with Crippen LogP contribution in [0.2, 0.25) is 0 Å². The Bertz CT molecular complexity index is 1080. The van der Waals surface area contributed by atoms with Crippen molar-refractivity contribution in [2.24, 2.45) is 0 Å². The number of amides is 1. The van der Waals surface area contributed by atoms with Crippen molar-refractivity contribution < 1.29 is 14.3 Å². The molecule has 3 aromatic carbocycles. The van der Waals surface area contributed by atoms with Crippen LogP contribution in [-0.2, 0) is 11.3 Å². The molecule has 0 heterocycles. The molecular formula is C26H30N2O3. The summed E-state index contributed by atoms with van der Waals surface area (Å²) >= 11 is 0. The van der Waals surface area contributed by atoms with Crippen molar-refractivity contribution in [3.8, 4) is 11.5 Å². The average molecular weight is 419 g/mol. The number of carbonyl (C=O) groups is 1. The van der Waals surface area contributed by atoms with Gasteiger partial charge in [0.2, 0.25) is 0 Å². The van der Waals surface area contributed by atoms with Gasteiger partial charge in [-0.25, -0.2) is 0 Å². The molecule has 0 radical (unpaired) electrons. The quantitative estimate of drug-likeness (QED) is 0.503. The Hall–Kier alpha value is -3.47. The van der Waals surface area contributed by atoms with Crippen molar-refractivity contribution in [2.75, 3.05) is 24.4 Å². The van der Waals surface area contributed by atoms with Gasteiger partial charge in [0, 0.05) is 17.9 Å². The smallest absolute Gasteiger partial charge is 0.262 e. The zero-order chi connectivity index (χ0) is 22.4. The first-order valence-corrected chi connectivity index (χ1v) is 10.3. The van der Waals surface area contributed by atoms with E-state index < -0.39 is 0 Å². The first-order chi connectivity index (χ1) is 14.9. The summed E-state index contributed by atoms with van der Waals surface area (Å²) < 4.78 is 11.2. The second-order valence-electron chi connectivity index (χ2n) is 7.72. The molecular weight excluding hydrogens is 388 g/mol. The summed E-state index contributed by atoms with van der Waals surface area (Å²) in [6.07, 6.45) is 0. The third kappa shape index (κ3) is 5.79. The molecule has 2 N–H and O–H groups in total. The Labute approximate surface area is 184 Å². The standard InChI is InChI=1S/C26H30N2O3/c1-17-9-11-22(13-19(17)3)27-15-21-10-12-24(25(14-21)30-5)31-16-26(29)28-23-8-6-7-18(2)20(23)4/h6-14,27H,15-16H2,1-5H3,(H,28,29). The molecule has 5 heteroatoms. The maximum atomic E-state index is 12.3. The van der Waals surface area contributed by atoms with Crippen LogP contribution in [0, 0.1) is 27.7 Å². The van der Waals surface area contributed by atoms with Crippen LogP contribution in [0.3, 0.4) is 0 Å². The summed E-state index contributed by atoms with van der Waals surface area (Å²) in [6.45, 7) is 8.77. The highest BCUT2D eigenvalue weighted by Crippen LogP contribution is 2.28. The van der Waals surface area contributed by atoms with Crippen molar-refractivity contribution in [1.29, 1.82) is 0 Å². The Balaban J connectivity index is 1.59. The van der Waals surface area contributed by atoms with Crippen molar-refractivity contribution in [2.45, 2.75) is 34.2 Å². The van der Waals surface area contributed by atoms with E-state index in [-0.39, 0.29) is 12.5 Å². The number of ether oxygens (including phenoxy) is 2. The van der Waals surface area contributed by atoms with Gasteiger partial charge in [-0.05, 0) is 85.8 Å². The summed E-state index contributed by atoms with van der Waals surface area (Å²) in [5.41, 5.74) is 7.64. The molecule has 0 aliphatic rings. The van der Waals surface area contributed by atoms with Gasteiger partial charge in [-0.3, -0.25) is 4.79 Å². The van der Waals surface area contributed by atoms with E-state index in [1.165, 1.54) is 11.1 Å². The number of aryl methyl sites for hydroxylation is 3. The van der Waals surface area contributed by atoms with E-state index in [2.05, 4.69) is 42.7 Å². The Morgan fingerprint density at radius 1 is 0.871 bits per heavy atom. The van der Waals surface area contributed by atoms with Gasteiger partial charge in [0.15, 0.2) is 18.1 Å². The molecule has 0 unspecified atom stereocenters. The van der Waals surface area contributed by atoms with Gasteiger partial charge in [0.05, 0.1) is 7.11 Å². The molecule has 162 valence electrons. The maximum Gasteiger partial charge on any atom is 0.262 e. The number of nitrogens with one attached hydrogen (secondary N) is 2. The Morgan fingerprint density at radius 2 is 1.68 bits per heavy atom. The van der Waals surface area contributed by atoms with Gasteiger partial charge in [0.25, 0.3) is 5.91 Å². The van der Waals surface area contributed by atoms with Crippen molar-refractivity contribution in [3.63, 3.8) is 0 Å². The maximum absolute atomic E-state index is 12.3. The van der Waals surface area contributed by atoms with Crippen LogP contribution in [0.4, 0.5) is 11.4 Å². The molecule has 0 spiro atoms. The summed E-state index contributed by atoms with van der Waals surface area (Å²) in [6, 6.07) is 17.9. The van der Waals surface area contributed by atoms with E-state index in [4.69, 9.17) is 9.47 Å². The molecule has 0 aliphatic carbocycles. The molecule has 0 atom stereocenters. The topological polar surface area (TPSA) is 59.6 Å².